The summed E-state index contributed by atoms with van der Waals surface area (Å²) in [5.74, 6) is -1.27. The number of thiazole rings is 1. The summed E-state index contributed by atoms with van der Waals surface area (Å²) in [4.78, 5) is 42.6. The minimum atomic E-state index is -0.726. The van der Waals surface area contributed by atoms with Crippen LogP contribution in [0.1, 0.15) is 39.8 Å². The van der Waals surface area contributed by atoms with Crippen molar-refractivity contribution in [1.82, 2.24) is 9.88 Å². The highest BCUT2D eigenvalue weighted by atomic mass is 32.1. The number of hydrogen-bond acceptors (Lipinski definition) is 6. The van der Waals surface area contributed by atoms with E-state index in [0.717, 1.165) is 16.9 Å². The predicted molar refractivity (Wildman–Crippen MR) is 99.2 cm³/mol. The molecule has 2 aromatic rings. The van der Waals surface area contributed by atoms with Crippen molar-refractivity contribution in [2.24, 2.45) is 5.73 Å². The van der Waals surface area contributed by atoms with E-state index in [1.54, 1.807) is 24.1 Å². The number of fused-ring (bicyclic) bond motifs is 1. The Hall–Kier alpha value is -2.94. The summed E-state index contributed by atoms with van der Waals surface area (Å²) in [5, 5.41) is 6.26. The maximum absolute atomic E-state index is 12.8. The van der Waals surface area contributed by atoms with E-state index in [-0.39, 0.29) is 22.5 Å². The Balaban J connectivity index is 1.82. The summed E-state index contributed by atoms with van der Waals surface area (Å²) < 4.78 is 0. The number of nitrogens with two attached hydrogens (primary N) is 1. The molecule has 3 amide bonds. The van der Waals surface area contributed by atoms with E-state index in [0.29, 0.717) is 23.7 Å². The summed E-state index contributed by atoms with van der Waals surface area (Å²) in [7, 11) is 1.66. The van der Waals surface area contributed by atoms with Crippen LogP contribution >= 0.6 is 11.3 Å². The van der Waals surface area contributed by atoms with Crippen LogP contribution in [0.25, 0.3) is 0 Å². The minimum absolute atomic E-state index is 0.00131. The molecule has 1 unspecified atom stereocenters. The van der Waals surface area contributed by atoms with Crippen molar-refractivity contribution in [2.75, 3.05) is 17.7 Å². The topological polar surface area (TPSA) is 117 Å². The van der Waals surface area contributed by atoms with Gasteiger partial charge in [-0.3, -0.25) is 14.4 Å². The van der Waals surface area contributed by atoms with Crippen molar-refractivity contribution in [2.45, 2.75) is 25.9 Å². The molecule has 2 heterocycles. The van der Waals surface area contributed by atoms with Crippen LogP contribution in [0, 0.1) is 0 Å². The van der Waals surface area contributed by atoms with Crippen LogP contribution in [0.2, 0.25) is 0 Å². The number of anilines is 2. The lowest BCUT2D eigenvalue weighted by Gasteiger charge is -2.25. The molecule has 0 radical (unpaired) electrons. The van der Waals surface area contributed by atoms with E-state index in [9.17, 15) is 14.4 Å². The third-order valence-corrected chi connectivity index (χ3v) is 5.21. The quantitative estimate of drug-likeness (QED) is 0.712. The number of rotatable bonds is 6. The van der Waals surface area contributed by atoms with Crippen molar-refractivity contribution >= 4 is 39.2 Å². The number of primary amides is 1. The van der Waals surface area contributed by atoms with E-state index in [1.807, 2.05) is 19.1 Å². The van der Waals surface area contributed by atoms with Gasteiger partial charge in [-0.2, -0.15) is 0 Å². The molecule has 0 aliphatic carbocycles. The van der Waals surface area contributed by atoms with E-state index in [1.165, 1.54) is 0 Å². The van der Waals surface area contributed by atoms with Crippen LogP contribution in [0.15, 0.2) is 24.3 Å². The number of carbonyl (C=O) groups is 3. The highest BCUT2D eigenvalue weighted by Gasteiger charge is 2.35. The third kappa shape index (κ3) is 3.13. The van der Waals surface area contributed by atoms with E-state index < -0.39 is 11.9 Å². The molecule has 4 N–H and O–H groups in total. The van der Waals surface area contributed by atoms with Gasteiger partial charge in [0, 0.05) is 19.2 Å². The minimum Gasteiger partial charge on any atom is -0.365 e. The fourth-order valence-corrected chi connectivity index (χ4v) is 3.78. The smallest absolute Gasteiger partial charge is 0.270 e. The highest BCUT2D eigenvalue weighted by Crippen LogP contribution is 2.30. The molecule has 1 aromatic carbocycles. The largest absolute Gasteiger partial charge is 0.365 e. The second kappa shape index (κ2) is 7.12. The predicted octanol–water partition coefficient (Wildman–Crippen LogP) is 1.66. The molecule has 9 heteroatoms. The Morgan fingerprint density at radius 3 is 2.73 bits per heavy atom. The lowest BCUT2D eigenvalue weighted by Crippen LogP contribution is -2.44. The Morgan fingerprint density at radius 1 is 1.38 bits per heavy atom. The summed E-state index contributed by atoms with van der Waals surface area (Å²) in [6.07, 6.45) is 0.440. The fourth-order valence-electron chi connectivity index (χ4n) is 2.95. The average molecular weight is 373 g/mol. The van der Waals surface area contributed by atoms with Gasteiger partial charge in [0.2, 0.25) is 5.91 Å². The zero-order chi connectivity index (χ0) is 18.8. The van der Waals surface area contributed by atoms with Crippen molar-refractivity contribution in [3.8, 4) is 0 Å². The molecular weight excluding hydrogens is 354 g/mol. The SMILES string of the molecule is CCC(C(=O)Nc1sc(NC)nc1C(N)=O)N1Cc2ccccc2C1=O. The molecule has 136 valence electrons. The van der Waals surface area contributed by atoms with Crippen LogP contribution in [-0.2, 0) is 11.3 Å². The number of nitrogens with zero attached hydrogens (tertiary/aromatic N) is 2. The molecule has 26 heavy (non-hydrogen) atoms. The summed E-state index contributed by atoms with van der Waals surface area (Å²) in [5.41, 5.74) is 6.85. The average Bonchev–Trinajstić information content (AvgIpc) is 3.18. The Labute approximate surface area is 154 Å². The van der Waals surface area contributed by atoms with Crippen LogP contribution in [0.3, 0.4) is 0 Å². The standard InChI is InChI=1S/C17H19N5O3S/c1-3-11(22-8-9-6-4-5-7-10(9)16(22)25)14(24)21-15-12(13(18)23)20-17(19-2)26-15/h4-7,11H,3,8H2,1-2H3,(H2,18,23)(H,19,20)(H,21,24). The first kappa shape index (κ1) is 17.9. The van der Waals surface area contributed by atoms with Gasteiger partial charge in [0.25, 0.3) is 11.8 Å². The molecule has 0 saturated carbocycles. The fraction of sp³-hybridized carbons (Fsp3) is 0.294. The number of nitrogens with one attached hydrogen (secondary N) is 2. The van der Waals surface area contributed by atoms with Gasteiger partial charge >= 0.3 is 0 Å². The number of hydrogen-bond donors (Lipinski definition) is 3. The molecular formula is C17H19N5O3S. The number of benzene rings is 1. The molecule has 1 aliphatic rings. The van der Waals surface area contributed by atoms with Gasteiger partial charge in [0.05, 0.1) is 0 Å². The van der Waals surface area contributed by atoms with Gasteiger partial charge in [-0.15, -0.1) is 0 Å². The molecule has 0 fully saturated rings. The van der Waals surface area contributed by atoms with Gasteiger partial charge in [0.15, 0.2) is 10.8 Å². The second-order valence-corrected chi connectivity index (χ2v) is 6.81. The van der Waals surface area contributed by atoms with Crippen LogP contribution < -0.4 is 16.4 Å². The summed E-state index contributed by atoms with van der Waals surface area (Å²) >= 11 is 1.12. The van der Waals surface area contributed by atoms with Crippen molar-refractivity contribution in [3.05, 3.63) is 41.1 Å². The van der Waals surface area contributed by atoms with Gasteiger partial charge in [-0.05, 0) is 18.1 Å². The molecule has 8 nitrogen and oxygen atoms in total. The van der Waals surface area contributed by atoms with Gasteiger partial charge in [0.1, 0.15) is 11.0 Å². The van der Waals surface area contributed by atoms with Gasteiger partial charge in [-0.25, -0.2) is 4.98 Å². The Morgan fingerprint density at radius 2 is 2.12 bits per heavy atom. The van der Waals surface area contributed by atoms with Crippen molar-refractivity contribution < 1.29 is 14.4 Å². The molecule has 3 rings (SSSR count). The highest BCUT2D eigenvalue weighted by molar-refractivity contribution is 7.20. The normalized spacial score (nSPS) is 14.1. The number of aromatic nitrogens is 1. The first-order valence-corrected chi connectivity index (χ1v) is 8.96. The van der Waals surface area contributed by atoms with E-state index >= 15 is 0 Å². The zero-order valence-corrected chi connectivity index (χ0v) is 15.2. The molecule has 0 saturated heterocycles. The molecule has 1 aromatic heterocycles. The van der Waals surface area contributed by atoms with Crippen LogP contribution in [0.5, 0.6) is 0 Å². The lowest BCUT2D eigenvalue weighted by molar-refractivity contribution is -0.120. The maximum atomic E-state index is 12.8. The van der Waals surface area contributed by atoms with E-state index in [2.05, 4.69) is 15.6 Å². The molecule has 0 bridgehead atoms. The first-order valence-electron chi connectivity index (χ1n) is 8.14. The van der Waals surface area contributed by atoms with Crippen LogP contribution in [0.4, 0.5) is 10.1 Å². The van der Waals surface area contributed by atoms with Gasteiger partial charge < -0.3 is 21.3 Å². The number of carbonyl (C=O) groups excluding carboxylic acids is 3. The monoisotopic (exact) mass is 373 g/mol. The summed E-state index contributed by atoms with van der Waals surface area (Å²) in [6, 6.07) is 6.65. The third-order valence-electron chi connectivity index (χ3n) is 4.23. The van der Waals surface area contributed by atoms with Crippen LogP contribution in [-0.4, -0.2) is 40.7 Å². The lowest BCUT2D eigenvalue weighted by atomic mass is 10.1. The molecule has 1 aliphatic heterocycles. The Bertz CT molecular complexity index is 879. The first-order chi connectivity index (χ1) is 12.5. The molecule has 0 spiro atoms. The Kier molecular flexibility index (Phi) is 4.90. The molecule has 1 atom stereocenters. The maximum Gasteiger partial charge on any atom is 0.270 e. The second-order valence-electron chi connectivity index (χ2n) is 5.81. The van der Waals surface area contributed by atoms with Gasteiger partial charge in [-0.1, -0.05) is 36.5 Å². The van der Waals surface area contributed by atoms with Crippen molar-refractivity contribution in [1.29, 1.82) is 0 Å². The summed E-state index contributed by atoms with van der Waals surface area (Å²) in [6.45, 7) is 2.22. The number of amides is 3. The van der Waals surface area contributed by atoms with Crippen molar-refractivity contribution in [3.63, 3.8) is 0 Å². The van der Waals surface area contributed by atoms with E-state index in [4.69, 9.17) is 5.73 Å². The zero-order valence-electron chi connectivity index (χ0n) is 14.4.